The third kappa shape index (κ3) is 3.55. The average molecular weight is 353 g/mol. The molecule has 1 N–H and O–H groups in total. The lowest BCUT2D eigenvalue weighted by atomic mass is 9.98. The normalized spacial score (nSPS) is 19.4. The van der Waals surface area contributed by atoms with E-state index in [-0.39, 0.29) is 12.1 Å². The highest BCUT2D eigenvalue weighted by atomic mass is 16.6. The smallest absolute Gasteiger partial charge is 0.410 e. The molecular weight excluding hydrogens is 326 g/mol. The van der Waals surface area contributed by atoms with Gasteiger partial charge in [-0.25, -0.2) is 4.79 Å². The van der Waals surface area contributed by atoms with Gasteiger partial charge in [0.25, 0.3) is 0 Å². The Balaban J connectivity index is 1.75. The van der Waals surface area contributed by atoms with Crippen LogP contribution >= 0.6 is 0 Å². The van der Waals surface area contributed by atoms with E-state index in [0.29, 0.717) is 13.1 Å². The van der Waals surface area contributed by atoms with Crippen molar-refractivity contribution >= 4 is 17.4 Å². The average Bonchev–Trinajstić information content (AvgIpc) is 3.12. The van der Waals surface area contributed by atoms with Gasteiger partial charge in [-0.1, -0.05) is 5.57 Å². The van der Waals surface area contributed by atoms with Gasteiger partial charge in [-0.15, -0.1) is 0 Å². The van der Waals surface area contributed by atoms with Crippen molar-refractivity contribution < 1.29 is 9.53 Å². The first kappa shape index (κ1) is 18.3. The molecule has 1 aliphatic heterocycles. The molecule has 0 unspecified atom stereocenters. The maximum atomic E-state index is 12.3. The van der Waals surface area contributed by atoms with Crippen LogP contribution in [-0.4, -0.2) is 35.7 Å². The molecule has 1 fully saturated rings. The number of fused-ring (bicyclic) bond motifs is 1. The monoisotopic (exact) mass is 353 g/mol. The van der Waals surface area contributed by atoms with Gasteiger partial charge >= 0.3 is 6.09 Å². The number of carbonyl (C=O) groups excluding carboxylic acids is 1. The summed E-state index contributed by atoms with van der Waals surface area (Å²) in [7, 11) is 0. The van der Waals surface area contributed by atoms with Crippen LogP contribution in [0, 0.1) is 11.3 Å². The summed E-state index contributed by atoms with van der Waals surface area (Å²) in [6.07, 6.45) is 1.48. The number of nitrogens with zero attached hydrogens (tertiary/aromatic N) is 2. The summed E-state index contributed by atoms with van der Waals surface area (Å²) < 4.78 is 5.47. The molecule has 0 saturated carbocycles. The van der Waals surface area contributed by atoms with Crippen molar-refractivity contribution in [3.63, 3.8) is 0 Å². The molecule has 3 rings (SSSR count). The second-order valence-electron chi connectivity index (χ2n) is 8.26. The van der Waals surface area contributed by atoms with Gasteiger partial charge in [-0.2, -0.15) is 5.26 Å². The number of hydrogen-bond donors (Lipinski definition) is 1. The van der Waals surface area contributed by atoms with Crippen LogP contribution < -0.4 is 5.32 Å². The number of ether oxygens (including phenoxy) is 1. The lowest BCUT2D eigenvalue weighted by molar-refractivity contribution is 0.0293. The number of hydrogen-bond acceptors (Lipinski definition) is 4. The topological polar surface area (TPSA) is 65.4 Å². The Labute approximate surface area is 155 Å². The molecule has 1 saturated heterocycles. The highest BCUT2D eigenvalue weighted by Crippen LogP contribution is 2.39. The molecule has 0 bridgehead atoms. The fourth-order valence-electron chi connectivity index (χ4n) is 3.69. The van der Waals surface area contributed by atoms with Gasteiger partial charge in [0, 0.05) is 30.4 Å². The van der Waals surface area contributed by atoms with Gasteiger partial charge in [-0.3, -0.25) is 0 Å². The summed E-state index contributed by atoms with van der Waals surface area (Å²) in [5.41, 5.74) is 6.18. The molecule has 26 heavy (non-hydrogen) atoms. The van der Waals surface area contributed by atoms with Crippen LogP contribution in [0.25, 0.3) is 5.57 Å². The minimum atomic E-state index is -0.476. The van der Waals surface area contributed by atoms with E-state index in [2.05, 4.69) is 25.2 Å². The fraction of sp³-hybridized carbons (Fsp3) is 0.524. The molecule has 0 radical (unpaired) electrons. The second-order valence-corrected chi connectivity index (χ2v) is 8.26. The van der Waals surface area contributed by atoms with Crippen molar-refractivity contribution in [1.29, 1.82) is 5.26 Å². The first-order valence-corrected chi connectivity index (χ1v) is 9.17. The predicted molar refractivity (Wildman–Crippen MR) is 103 cm³/mol. The molecule has 1 heterocycles. The van der Waals surface area contributed by atoms with Crippen LogP contribution in [0.15, 0.2) is 17.7 Å². The van der Waals surface area contributed by atoms with Crippen molar-refractivity contribution in [1.82, 2.24) is 4.90 Å². The number of amides is 1. The number of carbonyl (C=O) groups is 1. The van der Waals surface area contributed by atoms with E-state index in [0.717, 1.165) is 35.2 Å². The Morgan fingerprint density at radius 1 is 1.35 bits per heavy atom. The molecule has 5 heteroatoms. The molecule has 1 atom stereocenters. The van der Waals surface area contributed by atoms with Gasteiger partial charge < -0.3 is 15.0 Å². The Kier molecular flexibility index (Phi) is 4.70. The van der Waals surface area contributed by atoms with Gasteiger partial charge in [0.15, 0.2) is 0 Å². The van der Waals surface area contributed by atoms with Crippen molar-refractivity contribution in [3.05, 3.63) is 34.4 Å². The van der Waals surface area contributed by atoms with Gasteiger partial charge in [0.2, 0.25) is 0 Å². The van der Waals surface area contributed by atoms with Crippen molar-refractivity contribution in [2.75, 3.05) is 18.4 Å². The summed E-state index contributed by atoms with van der Waals surface area (Å²) in [6.45, 7) is 11.2. The number of rotatable bonds is 2. The third-order valence-corrected chi connectivity index (χ3v) is 5.09. The SMILES string of the molecule is CC1=C(C)c2c(N[C@@H]3CCN(C(=O)OC(C)(C)C)C3)ccc(C#N)c2C1. The van der Waals surface area contributed by atoms with Gasteiger partial charge in [0.1, 0.15) is 5.60 Å². The molecule has 0 aromatic heterocycles. The lowest BCUT2D eigenvalue weighted by Gasteiger charge is -2.24. The number of allylic oxidation sites excluding steroid dienone is 2. The minimum Gasteiger partial charge on any atom is -0.444 e. The summed E-state index contributed by atoms with van der Waals surface area (Å²) in [5, 5.41) is 13.0. The van der Waals surface area contributed by atoms with Crippen molar-refractivity contribution in [3.8, 4) is 6.07 Å². The summed E-state index contributed by atoms with van der Waals surface area (Å²) in [4.78, 5) is 14.0. The standard InChI is InChI=1S/C21H27N3O2/c1-13-10-17-15(11-22)6-7-18(19(17)14(13)2)23-16-8-9-24(12-16)20(25)26-21(3,4)5/h6-7,16,23H,8-10,12H2,1-5H3/t16-/m1/s1. The van der Waals surface area contributed by atoms with E-state index in [1.807, 2.05) is 32.9 Å². The van der Waals surface area contributed by atoms with Gasteiger partial charge in [0.05, 0.1) is 11.6 Å². The van der Waals surface area contributed by atoms with E-state index < -0.39 is 5.60 Å². The van der Waals surface area contributed by atoms with Crippen LogP contribution in [-0.2, 0) is 11.2 Å². The quantitative estimate of drug-likeness (QED) is 0.859. The molecule has 2 aliphatic rings. The number of benzene rings is 1. The summed E-state index contributed by atoms with van der Waals surface area (Å²) in [5.74, 6) is 0. The van der Waals surface area contributed by atoms with E-state index in [1.165, 1.54) is 11.1 Å². The van der Waals surface area contributed by atoms with Crippen LogP contribution in [0.5, 0.6) is 0 Å². The Morgan fingerprint density at radius 2 is 2.08 bits per heavy atom. The second kappa shape index (κ2) is 6.68. The van der Waals surface area contributed by atoms with E-state index in [9.17, 15) is 10.1 Å². The van der Waals surface area contributed by atoms with Crippen LogP contribution in [0.3, 0.4) is 0 Å². The first-order chi connectivity index (χ1) is 12.2. The molecule has 1 aliphatic carbocycles. The van der Waals surface area contributed by atoms with E-state index >= 15 is 0 Å². The number of nitrogens with one attached hydrogen (secondary N) is 1. The Hall–Kier alpha value is -2.48. The highest BCUT2D eigenvalue weighted by molar-refractivity contribution is 5.85. The Morgan fingerprint density at radius 3 is 2.73 bits per heavy atom. The molecule has 0 spiro atoms. The highest BCUT2D eigenvalue weighted by Gasteiger charge is 2.31. The number of likely N-dealkylation sites (tertiary alicyclic amines) is 1. The first-order valence-electron chi connectivity index (χ1n) is 9.17. The molecule has 1 amide bonds. The minimum absolute atomic E-state index is 0.188. The maximum Gasteiger partial charge on any atom is 0.410 e. The number of nitriles is 1. The Bertz CT molecular complexity index is 812. The van der Waals surface area contributed by atoms with E-state index in [4.69, 9.17) is 4.74 Å². The molecular formula is C21H27N3O2. The van der Waals surface area contributed by atoms with Gasteiger partial charge in [-0.05, 0) is 70.7 Å². The van der Waals surface area contributed by atoms with Crippen molar-refractivity contribution in [2.45, 2.75) is 59.1 Å². The molecule has 138 valence electrons. The third-order valence-electron chi connectivity index (χ3n) is 5.09. The summed E-state index contributed by atoms with van der Waals surface area (Å²) in [6, 6.07) is 6.39. The van der Waals surface area contributed by atoms with Crippen LogP contribution in [0.2, 0.25) is 0 Å². The zero-order valence-electron chi connectivity index (χ0n) is 16.3. The fourth-order valence-corrected chi connectivity index (χ4v) is 3.69. The largest absolute Gasteiger partial charge is 0.444 e. The molecule has 1 aromatic rings. The zero-order valence-corrected chi connectivity index (χ0v) is 16.3. The summed E-state index contributed by atoms with van der Waals surface area (Å²) >= 11 is 0. The zero-order chi connectivity index (χ0) is 19.1. The van der Waals surface area contributed by atoms with Crippen LogP contribution in [0.4, 0.5) is 10.5 Å². The van der Waals surface area contributed by atoms with E-state index in [1.54, 1.807) is 4.90 Å². The number of anilines is 1. The van der Waals surface area contributed by atoms with Crippen molar-refractivity contribution in [2.24, 2.45) is 0 Å². The molecule has 5 nitrogen and oxygen atoms in total. The molecule has 1 aromatic carbocycles. The predicted octanol–water partition coefficient (Wildman–Crippen LogP) is 4.33. The van der Waals surface area contributed by atoms with Crippen LogP contribution in [0.1, 0.15) is 57.7 Å². The maximum absolute atomic E-state index is 12.3. The lowest BCUT2D eigenvalue weighted by Crippen LogP contribution is -2.36.